The smallest absolute Gasteiger partial charge is 0.129 e. The Balaban J connectivity index is 1.85. The van der Waals surface area contributed by atoms with Gasteiger partial charge in [-0.05, 0) is 48.8 Å². The summed E-state index contributed by atoms with van der Waals surface area (Å²) >= 11 is 0. The Morgan fingerprint density at radius 2 is 1.62 bits per heavy atom. The maximum absolute atomic E-state index is 14.5. The maximum Gasteiger partial charge on any atom is 0.129 e. The van der Waals surface area contributed by atoms with E-state index in [9.17, 15) is 8.78 Å². The molecule has 1 atom stereocenters. The van der Waals surface area contributed by atoms with E-state index < -0.39 is 8.80 Å². The molecule has 2 rings (SSSR count). The number of hydrogen-bond acceptors (Lipinski definition) is 0. The van der Waals surface area contributed by atoms with E-state index in [1.54, 1.807) is 12.1 Å². The van der Waals surface area contributed by atoms with Gasteiger partial charge in [-0.1, -0.05) is 77.4 Å². The Bertz CT molecular complexity index is 512. The SMILES string of the molecule is CCCCCCC[Si@H]1CC[C@H](c2cc(F)c(C[C@@H](C)CC)c(F)c2)CC1. The van der Waals surface area contributed by atoms with Crippen molar-refractivity contribution in [1.29, 1.82) is 0 Å². The van der Waals surface area contributed by atoms with Crippen molar-refractivity contribution in [2.45, 2.75) is 103 Å². The Labute approximate surface area is 161 Å². The first-order valence-corrected chi connectivity index (χ1v) is 13.5. The number of hydrogen-bond donors (Lipinski definition) is 0. The quantitative estimate of drug-likeness (QED) is 0.289. The zero-order chi connectivity index (χ0) is 18.9. The van der Waals surface area contributed by atoms with Gasteiger partial charge in [0.2, 0.25) is 0 Å². The zero-order valence-electron chi connectivity index (χ0n) is 17.1. The monoisotopic (exact) mass is 380 g/mol. The molecule has 3 heteroatoms. The fraction of sp³-hybridized carbons (Fsp3) is 0.739. The van der Waals surface area contributed by atoms with Crippen LogP contribution < -0.4 is 0 Å². The fourth-order valence-electron chi connectivity index (χ4n) is 4.37. The van der Waals surface area contributed by atoms with Crippen molar-refractivity contribution in [3.8, 4) is 0 Å². The summed E-state index contributed by atoms with van der Waals surface area (Å²) in [6, 6.07) is 7.47. The van der Waals surface area contributed by atoms with Gasteiger partial charge >= 0.3 is 0 Å². The number of benzene rings is 1. The summed E-state index contributed by atoms with van der Waals surface area (Å²) in [7, 11) is -0.586. The second kappa shape index (κ2) is 11.2. The molecule has 0 saturated carbocycles. The Morgan fingerprint density at radius 1 is 1.00 bits per heavy atom. The second-order valence-corrected chi connectivity index (χ2v) is 12.1. The number of rotatable bonds is 10. The molecule has 26 heavy (non-hydrogen) atoms. The Kier molecular flexibility index (Phi) is 9.31. The zero-order valence-corrected chi connectivity index (χ0v) is 18.3. The van der Waals surface area contributed by atoms with E-state index in [4.69, 9.17) is 0 Å². The molecule has 1 aromatic rings. The van der Waals surface area contributed by atoms with E-state index >= 15 is 0 Å². The van der Waals surface area contributed by atoms with Crippen LogP contribution in [0.2, 0.25) is 18.1 Å². The summed E-state index contributed by atoms with van der Waals surface area (Å²) < 4.78 is 29.0. The molecule has 0 nitrogen and oxygen atoms in total. The Hall–Kier alpha value is -0.703. The highest BCUT2D eigenvalue weighted by Gasteiger charge is 2.25. The van der Waals surface area contributed by atoms with Crippen LogP contribution in [-0.2, 0) is 6.42 Å². The first kappa shape index (κ1) is 21.6. The topological polar surface area (TPSA) is 0 Å². The van der Waals surface area contributed by atoms with Gasteiger partial charge in [-0.15, -0.1) is 0 Å². The average molecular weight is 381 g/mol. The molecule has 0 amide bonds. The van der Waals surface area contributed by atoms with E-state index in [0.29, 0.717) is 23.8 Å². The van der Waals surface area contributed by atoms with Gasteiger partial charge in [0.15, 0.2) is 0 Å². The van der Waals surface area contributed by atoms with Crippen LogP contribution in [-0.4, -0.2) is 8.80 Å². The maximum atomic E-state index is 14.5. The molecule has 1 heterocycles. The lowest BCUT2D eigenvalue weighted by atomic mass is 9.90. The molecular formula is C23H38F2Si. The molecule has 1 aliphatic rings. The highest BCUT2D eigenvalue weighted by molar-refractivity contribution is 6.59. The van der Waals surface area contributed by atoms with Crippen LogP contribution >= 0.6 is 0 Å². The van der Waals surface area contributed by atoms with Crippen molar-refractivity contribution in [3.05, 3.63) is 34.9 Å². The van der Waals surface area contributed by atoms with Gasteiger partial charge in [0.25, 0.3) is 0 Å². The van der Waals surface area contributed by atoms with E-state index in [1.807, 2.05) is 0 Å². The fourth-order valence-corrected chi connectivity index (χ4v) is 7.85. The van der Waals surface area contributed by atoms with Crippen LogP contribution in [0, 0.1) is 17.6 Å². The first-order valence-electron chi connectivity index (χ1n) is 11.0. The molecule has 1 saturated heterocycles. The lowest BCUT2D eigenvalue weighted by Crippen LogP contribution is -2.20. The highest BCUT2D eigenvalue weighted by Crippen LogP contribution is 2.36. The van der Waals surface area contributed by atoms with Crippen molar-refractivity contribution in [3.63, 3.8) is 0 Å². The van der Waals surface area contributed by atoms with Crippen molar-refractivity contribution >= 4 is 8.80 Å². The minimum absolute atomic E-state index is 0.290. The third-order valence-corrected chi connectivity index (χ3v) is 9.97. The standard InChI is InChI=1S/C23H38F2Si/c1-4-6-7-8-9-12-26-13-10-19(11-14-26)20-16-22(24)21(23(25)17-20)15-18(3)5-2/h16-19,26H,4-15H2,1-3H3/t18-,19-,26-/m0/s1. The third-order valence-electron chi connectivity index (χ3n) is 6.45. The molecule has 0 spiro atoms. The lowest BCUT2D eigenvalue weighted by Gasteiger charge is -2.28. The predicted molar refractivity (Wildman–Crippen MR) is 112 cm³/mol. The first-order chi connectivity index (χ1) is 12.5. The normalized spacial score (nSPS) is 21.7. The Morgan fingerprint density at radius 3 is 2.19 bits per heavy atom. The van der Waals surface area contributed by atoms with E-state index in [-0.39, 0.29) is 11.6 Å². The number of unbranched alkanes of at least 4 members (excludes halogenated alkanes) is 4. The molecule has 1 fully saturated rings. The van der Waals surface area contributed by atoms with Crippen molar-refractivity contribution < 1.29 is 8.78 Å². The second-order valence-electron chi connectivity index (χ2n) is 8.60. The van der Waals surface area contributed by atoms with Gasteiger partial charge in [-0.25, -0.2) is 8.78 Å². The van der Waals surface area contributed by atoms with E-state index in [2.05, 4.69) is 20.8 Å². The van der Waals surface area contributed by atoms with Crippen LogP contribution in [0.15, 0.2) is 12.1 Å². The summed E-state index contributed by atoms with van der Waals surface area (Å²) in [6.45, 7) is 6.39. The van der Waals surface area contributed by atoms with Crippen molar-refractivity contribution in [1.82, 2.24) is 0 Å². The van der Waals surface area contributed by atoms with Gasteiger partial charge in [-0.2, -0.15) is 0 Å². The van der Waals surface area contributed by atoms with Gasteiger partial charge in [-0.3, -0.25) is 0 Å². The molecule has 1 aromatic carbocycles. The molecular weight excluding hydrogens is 342 g/mol. The minimum atomic E-state index is -0.586. The van der Waals surface area contributed by atoms with Crippen LogP contribution in [0.25, 0.3) is 0 Å². The van der Waals surface area contributed by atoms with E-state index in [1.165, 1.54) is 50.2 Å². The van der Waals surface area contributed by atoms with Gasteiger partial charge in [0.05, 0.1) is 0 Å². The molecule has 0 bridgehead atoms. The van der Waals surface area contributed by atoms with Crippen LogP contribution in [0.1, 0.15) is 89.2 Å². The predicted octanol–water partition coefficient (Wildman–Crippen LogP) is 7.63. The molecule has 0 N–H and O–H groups in total. The lowest BCUT2D eigenvalue weighted by molar-refractivity contribution is 0.492. The molecule has 0 aliphatic carbocycles. The summed E-state index contributed by atoms with van der Waals surface area (Å²) in [5.41, 5.74) is 1.20. The molecule has 0 radical (unpaired) electrons. The van der Waals surface area contributed by atoms with Gasteiger partial charge in [0.1, 0.15) is 11.6 Å². The molecule has 1 aliphatic heterocycles. The minimum Gasteiger partial charge on any atom is -0.207 e. The summed E-state index contributed by atoms with van der Waals surface area (Å²) in [4.78, 5) is 0. The van der Waals surface area contributed by atoms with Gasteiger partial charge < -0.3 is 0 Å². The summed E-state index contributed by atoms with van der Waals surface area (Å²) in [5, 5.41) is 0. The summed E-state index contributed by atoms with van der Waals surface area (Å²) in [5.74, 6) is 0.0512. The molecule has 0 unspecified atom stereocenters. The number of halogens is 2. The summed E-state index contributed by atoms with van der Waals surface area (Å²) in [6.07, 6.45) is 10.6. The van der Waals surface area contributed by atoms with Crippen molar-refractivity contribution in [2.24, 2.45) is 5.92 Å². The largest absolute Gasteiger partial charge is 0.207 e. The molecule has 0 aromatic heterocycles. The highest BCUT2D eigenvalue weighted by atomic mass is 28.3. The average Bonchev–Trinajstić information content (AvgIpc) is 2.64. The van der Waals surface area contributed by atoms with E-state index in [0.717, 1.165) is 24.8 Å². The van der Waals surface area contributed by atoms with Crippen LogP contribution in [0.3, 0.4) is 0 Å². The van der Waals surface area contributed by atoms with Crippen LogP contribution in [0.4, 0.5) is 8.78 Å². The van der Waals surface area contributed by atoms with Crippen LogP contribution in [0.5, 0.6) is 0 Å². The van der Waals surface area contributed by atoms with Gasteiger partial charge in [0, 0.05) is 14.4 Å². The third kappa shape index (κ3) is 6.47. The van der Waals surface area contributed by atoms with Crippen molar-refractivity contribution in [2.75, 3.05) is 0 Å². The molecule has 148 valence electrons.